The lowest BCUT2D eigenvalue weighted by Crippen LogP contribution is -2.44. The van der Waals surface area contributed by atoms with E-state index in [1.165, 1.54) is 0 Å². The quantitative estimate of drug-likeness (QED) is 0.912. The molecule has 0 saturated carbocycles. The molecule has 108 valence electrons. The number of nitrogens with one attached hydrogen (secondary N) is 1. The maximum Gasteiger partial charge on any atom is 0.245 e. The number of hydrogen-bond acceptors (Lipinski definition) is 2. The lowest BCUT2D eigenvalue weighted by Gasteiger charge is -2.28. The summed E-state index contributed by atoms with van der Waals surface area (Å²) in [7, 11) is 0. The molecule has 6 heteroatoms. The summed E-state index contributed by atoms with van der Waals surface area (Å²) in [5.41, 5.74) is 0.779. The van der Waals surface area contributed by atoms with Gasteiger partial charge in [0.05, 0.1) is 10.0 Å². The van der Waals surface area contributed by atoms with Crippen molar-refractivity contribution in [2.45, 2.75) is 38.9 Å². The minimum absolute atomic E-state index is 0.112. The molecule has 1 N–H and O–H groups in total. The van der Waals surface area contributed by atoms with Gasteiger partial charge in [0.15, 0.2) is 0 Å². The lowest BCUT2D eigenvalue weighted by molar-refractivity contribution is -0.135. The molecule has 0 spiro atoms. The predicted molar refractivity (Wildman–Crippen MR) is 78.7 cm³/mol. The summed E-state index contributed by atoms with van der Waals surface area (Å²) in [6, 6.07) is 4.63. The van der Waals surface area contributed by atoms with Crippen LogP contribution in [0.15, 0.2) is 18.2 Å². The number of amides is 2. The van der Waals surface area contributed by atoms with E-state index >= 15 is 0 Å². The molecule has 0 aliphatic carbocycles. The molecule has 1 aliphatic heterocycles. The highest BCUT2D eigenvalue weighted by atomic mass is 35.5. The van der Waals surface area contributed by atoms with Crippen LogP contribution in [-0.4, -0.2) is 28.8 Å². The van der Waals surface area contributed by atoms with E-state index < -0.39 is 6.04 Å². The second-order valence-corrected chi connectivity index (χ2v) is 5.81. The number of hydrogen-bond donors (Lipinski definition) is 1. The van der Waals surface area contributed by atoms with E-state index in [9.17, 15) is 9.59 Å². The maximum absolute atomic E-state index is 12.3. The Morgan fingerprint density at radius 1 is 1.30 bits per heavy atom. The normalized spacial score (nSPS) is 23.5. The van der Waals surface area contributed by atoms with Gasteiger partial charge in [-0.1, -0.05) is 35.3 Å². The van der Waals surface area contributed by atoms with Gasteiger partial charge in [-0.15, -0.1) is 0 Å². The molecule has 4 nitrogen and oxygen atoms in total. The van der Waals surface area contributed by atoms with E-state index in [1.54, 1.807) is 24.0 Å². The first kappa shape index (κ1) is 15.1. The zero-order valence-corrected chi connectivity index (χ0v) is 12.8. The zero-order chi connectivity index (χ0) is 14.9. The molecule has 2 rings (SSSR count). The fourth-order valence-electron chi connectivity index (χ4n) is 2.29. The summed E-state index contributed by atoms with van der Waals surface area (Å²) in [5, 5.41) is 3.58. The summed E-state index contributed by atoms with van der Waals surface area (Å²) in [5.74, 6) is -0.225. The fraction of sp³-hybridized carbons (Fsp3) is 0.429. The molecule has 0 aromatic heterocycles. The molecule has 1 saturated heterocycles. The Bertz CT molecular complexity index is 548. The number of halogens is 2. The average molecular weight is 315 g/mol. The van der Waals surface area contributed by atoms with Gasteiger partial charge in [-0.2, -0.15) is 0 Å². The van der Waals surface area contributed by atoms with Crippen molar-refractivity contribution in [1.29, 1.82) is 0 Å². The Morgan fingerprint density at radius 3 is 2.70 bits per heavy atom. The number of benzene rings is 1. The van der Waals surface area contributed by atoms with Crippen molar-refractivity contribution in [3.05, 3.63) is 33.8 Å². The molecule has 2 amide bonds. The SMILES string of the molecule is CC1NC(=O)CC(C)N(Cc2cccc(Cl)c2Cl)C1=O. The molecule has 2 atom stereocenters. The van der Waals surface area contributed by atoms with Gasteiger partial charge >= 0.3 is 0 Å². The molecule has 2 unspecified atom stereocenters. The Labute approximate surface area is 128 Å². The summed E-state index contributed by atoms with van der Waals surface area (Å²) < 4.78 is 0. The van der Waals surface area contributed by atoms with Gasteiger partial charge in [-0.3, -0.25) is 9.59 Å². The highest BCUT2D eigenvalue weighted by Crippen LogP contribution is 2.27. The van der Waals surface area contributed by atoms with E-state index in [0.717, 1.165) is 5.56 Å². The Morgan fingerprint density at radius 2 is 2.00 bits per heavy atom. The smallest absolute Gasteiger partial charge is 0.245 e. The van der Waals surface area contributed by atoms with Gasteiger partial charge in [0, 0.05) is 19.0 Å². The van der Waals surface area contributed by atoms with Crippen molar-refractivity contribution in [2.24, 2.45) is 0 Å². The number of carbonyl (C=O) groups is 2. The van der Waals surface area contributed by atoms with Crippen molar-refractivity contribution >= 4 is 35.0 Å². The third kappa shape index (κ3) is 3.07. The number of nitrogens with zero attached hydrogens (tertiary/aromatic N) is 1. The Kier molecular flexibility index (Phi) is 4.55. The first-order valence-electron chi connectivity index (χ1n) is 6.43. The monoisotopic (exact) mass is 314 g/mol. The molecule has 0 radical (unpaired) electrons. The highest BCUT2D eigenvalue weighted by molar-refractivity contribution is 6.42. The summed E-state index contributed by atoms with van der Waals surface area (Å²) in [4.78, 5) is 25.6. The minimum Gasteiger partial charge on any atom is -0.345 e. The molecule has 1 aliphatic rings. The summed E-state index contributed by atoms with van der Waals surface area (Å²) in [6.45, 7) is 3.89. The molecule has 20 heavy (non-hydrogen) atoms. The second kappa shape index (κ2) is 6.02. The van der Waals surface area contributed by atoms with Gasteiger partial charge in [0.1, 0.15) is 6.04 Å². The molecular formula is C14H16Cl2N2O2. The van der Waals surface area contributed by atoms with Crippen LogP contribution < -0.4 is 5.32 Å². The van der Waals surface area contributed by atoms with Gasteiger partial charge in [0.25, 0.3) is 0 Å². The van der Waals surface area contributed by atoms with E-state index in [-0.39, 0.29) is 24.3 Å². The summed E-state index contributed by atoms with van der Waals surface area (Å²) in [6.07, 6.45) is 0.286. The molecule has 1 fully saturated rings. The predicted octanol–water partition coefficient (Wildman–Crippen LogP) is 2.62. The molecule has 1 heterocycles. The highest BCUT2D eigenvalue weighted by Gasteiger charge is 2.31. The maximum atomic E-state index is 12.3. The van der Waals surface area contributed by atoms with Gasteiger partial charge < -0.3 is 10.2 Å². The standard InChI is InChI=1S/C14H16Cl2N2O2/c1-8-6-12(19)17-9(2)14(20)18(8)7-10-4-3-5-11(15)13(10)16/h3-5,8-9H,6-7H2,1-2H3,(H,17,19). The van der Waals surface area contributed by atoms with Crippen LogP contribution in [0.3, 0.4) is 0 Å². The van der Waals surface area contributed by atoms with Crippen LogP contribution >= 0.6 is 23.2 Å². The first-order chi connectivity index (χ1) is 9.40. The van der Waals surface area contributed by atoms with Crippen LogP contribution in [0, 0.1) is 0 Å². The molecule has 1 aromatic carbocycles. The molecular weight excluding hydrogens is 299 g/mol. The summed E-state index contributed by atoms with van der Waals surface area (Å²) >= 11 is 12.1. The minimum atomic E-state index is -0.523. The largest absolute Gasteiger partial charge is 0.345 e. The van der Waals surface area contributed by atoms with E-state index in [4.69, 9.17) is 23.2 Å². The third-order valence-electron chi connectivity index (χ3n) is 3.42. The third-order valence-corrected chi connectivity index (χ3v) is 4.27. The zero-order valence-electron chi connectivity index (χ0n) is 11.3. The van der Waals surface area contributed by atoms with Crippen molar-refractivity contribution in [3.8, 4) is 0 Å². The van der Waals surface area contributed by atoms with Crippen LogP contribution in [0.2, 0.25) is 10.0 Å². The van der Waals surface area contributed by atoms with Crippen LogP contribution in [0.5, 0.6) is 0 Å². The van der Waals surface area contributed by atoms with E-state index in [2.05, 4.69) is 5.32 Å². The van der Waals surface area contributed by atoms with Crippen LogP contribution in [0.4, 0.5) is 0 Å². The first-order valence-corrected chi connectivity index (χ1v) is 7.18. The van der Waals surface area contributed by atoms with E-state index in [0.29, 0.717) is 16.6 Å². The van der Waals surface area contributed by atoms with Crippen molar-refractivity contribution in [2.75, 3.05) is 0 Å². The fourth-order valence-corrected chi connectivity index (χ4v) is 2.67. The topological polar surface area (TPSA) is 49.4 Å². The lowest BCUT2D eigenvalue weighted by atomic mass is 10.1. The van der Waals surface area contributed by atoms with Crippen LogP contribution in [-0.2, 0) is 16.1 Å². The van der Waals surface area contributed by atoms with E-state index in [1.807, 2.05) is 13.0 Å². The van der Waals surface area contributed by atoms with Crippen molar-refractivity contribution in [1.82, 2.24) is 10.2 Å². The molecule has 1 aromatic rings. The molecule has 0 bridgehead atoms. The van der Waals surface area contributed by atoms with Crippen molar-refractivity contribution < 1.29 is 9.59 Å². The second-order valence-electron chi connectivity index (χ2n) is 5.02. The van der Waals surface area contributed by atoms with Crippen LogP contribution in [0.1, 0.15) is 25.8 Å². The Balaban J connectivity index is 2.27. The van der Waals surface area contributed by atoms with Gasteiger partial charge in [-0.05, 0) is 25.5 Å². The number of rotatable bonds is 2. The van der Waals surface area contributed by atoms with Crippen LogP contribution in [0.25, 0.3) is 0 Å². The average Bonchev–Trinajstić information content (AvgIpc) is 2.46. The van der Waals surface area contributed by atoms with Gasteiger partial charge in [-0.25, -0.2) is 0 Å². The Hall–Kier alpha value is -1.26. The van der Waals surface area contributed by atoms with Crippen molar-refractivity contribution in [3.63, 3.8) is 0 Å². The van der Waals surface area contributed by atoms with Gasteiger partial charge in [0.2, 0.25) is 11.8 Å². The number of carbonyl (C=O) groups excluding carboxylic acids is 2.